The minimum Gasteiger partial charge on any atom is -0.494 e. The zero-order chi connectivity index (χ0) is 10.7. The van der Waals surface area contributed by atoms with Gasteiger partial charge in [-0.15, -0.1) is 0 Å². The smallest absolute Gasteiger partial charge is 0.347 e. The second-order valence-corrected chi connectivity index (χ2v) is 2.96. The van der Waals surface area contributed by atoms with Crippen LogP contribution >= 0.6 is 0 Å². The Kier molecular flexibility index (Phi) is 2.53. The molecule has 1 aromatic carbocycles. The van der Waals surface area contributed by atoms with Gasteiger partial charge >= 0.3 is 5.69 Å². The zero-order valence-electron chi connectivity index (χ0n) is 8.30. The fourth-order valence-corrected chi connectivity index (χ4v) is 1.32. The highest BCUT2D eigenvalue weighted by molar-refractivity contribution is 5.38. The summed E-state index contributed by atoms with van der Waals surface area (Å²) in [7, 11) is 0. The van der Waals surface area contributed by atoms with Crippen LogP contribution in [-0.4, -0.2) is 21.4 Å². The molecule has 0 aliphatic heterocycles. The van der Waals surface area contributed by atoms with E-state index in [2.05, 4.69) is 10.2 Å². The number of hydrogen-bond donors (Lipinski definition) is 1. The van der Waals surface area contributed by atoms with E-state index in [9.17, 15) is 4.79 Å². The summed E-state index contributed by atoms with van der Waals surface area (Å²) in [6.45, 7) is 2.51. The predicted molar refractivity (Wildman–Crippen MR) is 55.4 cm³/mol. The molecule has 2 rings (SSSR count). The van der Waals surface area contributed by atoms with Crippen molar-refractivity contribution in [2.24, 2.45) is 0 Å². The second-order valence-electron chi connectivity index (χ2n) is 2.96. The van der Waals surface area contributed by atoms with Gasteiger partial charge in [-0.05, 0) is 19.1 Å². The van der Waals surface area contributed by atoms with Crippen molar-refractivity contribution < 1.29 is 4.74 Å². The van der Waals surface area contributed by atoms with Gasteiger partial charge in [0.25, 0.3) is 0 Å². The van der Waals surface area contributed by atoms with Crippen molar-refractivity contribution in [1.82, 2.24) is 14.8 Å². The predicted octanol–water partition coefficient (Wildman–Crippen LogP) is 0.959. The highest BCUT2D eigenvalue weighted by Gasteiger charge is 2.01. The van der Waals surface area contributed by atoms with Gasteiger partial charge in [0.2, 0.25) is 0 Å². The first-order valence-corrected chi connectivity index (χ1v) is 4.66. The summed E-state index contributed by atoms with van der Waals surface area (Å²) >= 11 is 0. The minimum atomic E-state index is -0.261. The molecule has 0 aliphatic rings. The van der Waals surface area contributed by atoms with Crippen LogP contribution in [0.2, 0.25) is 0 Å². The summed E-state index contributed by atoms with van der Waals surface area (Å²) in [6.07, 6.45) is 1.44. The molecular weight excluding hydrogens is 194 g/mol. The van der Waals surface area contributed by atoms with Crippen molar-refractivity contribution in [3.8, 4) is 11.4 Å². The van der Waals surface area contributed by atoms with Crippen LogP contribution in [0.4, 0.5) is 0 Å². The van der Waals surface area contributed by atoms with Crippen molar-refractivity contribution in [2.75, 3.05) is 6.61 Å². The first-order chi connectivity index (χ1) is 7.31. The molecule has 1 N–H and O–H groups in total. The molecule has 0 bridgehead atoms. The van der Waals surface area contributed by atoms with Gasteiger partial charge in [-0.25, -0.2) is 14.5 Å². The molecule has 0 saturated heterocycles. The van der Waals surface area contributed by atoms with Gasteiger partial charge in [0.1, 0.15) is 12.1 Å². The molecule has 2 aromatic rings. The van der Waals surface area contributed by atoms with E-state index < -0.39 is 0 Å². The zero-order valence-corrected chi connectivity index (χ0v) is 8.30. The Balaban J connectivity index is 2.41. The lowest BCUT2D eigenvalue weighted by molar-refractivity contribution is 0.340. The average molecular weight is 205 g/mol. The van der Waals surface area contributed by atoms with E-state index in [0.29, 0.717) is 6.61 Å². The molecule has 5 heteroatoms. The molecule has 0 atom stereocenters. The van der Waals surface area contributed by atoms with Crippen LogP contribution in [0.25, 0.3) is 5.69 Å². The first kappa shape index (κ1) is 9.51. The van der Waals surface area contributed by atoms with Crippen molar-refractivity contribution in [1.29, 1.82) is 0 Å². The third kappa shape index (κ3) is 1.90. The molecule has 0 radical (unpaired) electrons. The molecule has 0 spiro atoms. The molecule has 15 heavy (non-hydrogen) atoms. The van der Waals surface area contributed by atoms with Crippen LogP contribution in [0, 0.1) is 0 Å². The van der Waals surface area contributed by atoms with E-state index in [1.54, 1.807) is 6.07 Å². The van der Waals surface area contributed by atoms with Crippen molar-refractivity contribution in [3.05, 3.63) is 41.1 Å². The SMILES string of the molecule is CCOc1cccc(-n2cn[nH]c2=O)c1. The van der Waals surface area contributed by atoms with Crippen molar-refractivity contribution >= 4 is 0 Å². The van der Waals surface area contributed by atoms with Crippen LogP contribution in [0.3, 0.4) is 0 Å². The lowest BCUT2D eigenvalue weighted by atomic mass is 10.3. The molecule has 1 heterocycles. The summed E-state index contributed by atoms with van der Waals surface area (Å²) < 4.78 is 6.76. The third-order valence-corrected chi connectivity index (χ3v) is 1.96. The van der Waals surface area contributed by atoms with Crippen LogP contribution < -0.4 is 10.4 Å². The molecule has 0 unspecified atom stereocenters. The Morgan fingerprint density at radius 1 is 1.53 bits per heavy atom. The maximum absolute atomic E-state index is 11.3. The summed E-state index contributed by atoms with van der Waals surface area (Å²) in [5.41, 5.74) is 0.475. The topological polar surface area (TPSA) is 59.9 Å². The highest BCUT2D eigenvalue weighted by Crippen LogP contribution is 2.14. The van der Waals surface area contributed by atoms with E-state index in [1.165, 1.54) is 10.9 Å². The number of ether oxygens (including phenoxy) is 1. The number of benzene rings is 1. The van der Waals surface area contributed by atoms with Crippen LogP contribution in [-0.2, 0) is 0 Å². The molecule has 0 amide bonds. The number of nitrogens with zero attached hydrogens (tertiary/aromatic N) is 2. The Morgan fingerprint density at radius 3 is 3.07 bits per heavy atom. The monoisotopic (exact) mass is 205 g/mol. The van der Waals surface area contributed by atoms with Gasteiger partial charge in [-0.1, -0.05) is 6.07 Å². The fraction of sp³-hybridized carbons (Fsp3) is 0.200. The van der Waals surface area contributed by atoms with Crippen LogP contribution in [0.5, 0.6) is 5.75 Å². The van der Waals surface area contributed by atoms with Crippen LogP contribution in [0.1, 0.15) is 6.92 Å². The number of aromatic amines is 1. The van der Waals surface area contributed by atoms with Crippen molar-refractivity contribution in [3.63, 3.8) is 0 Å². The van der Waals surface area contributed by atoms with E-state index in [1.807, 2.05) is 25.1 Å². The van der Waals surface area contributed by atoms with E-state index in [4.69, 9.17) is 4.74 Å². The summed E-state index contributed by atoms with van der Waals surface area (Å²) in [6, 6.07) is 7.29. The van der Waals surface area contributed by atoms with E-state index >= 15 is 0 Å². The van der Waals surface area contributed by atoms with Gasteiger partial charge < -0.3 is 4.74 Å². The highest BCUT2D eigenvalue weighted by atomic mass is 16.5. The van der Waals surface area contributed by atoms with E-state index in [0.717, 1.165) is 11.4 Å². The van der Waals surface area contributed by atoms with Crippen LogP contribution in [0.15, 0.2) is 35.4 Å². The Labute approximate surface area is 86.3 Å². The molecule has 0 aliphatic carbocycles. The number of aromatic nitrogens is 3. The molecule has 5 nitrogen and oxygen atoms in total. The number of rotatable bonds is 3. The summed E-state index contributed by atoms with van der Waals surface area (Å²) in [5.74, 6) is 0.739. The number of hydrogen-bond acceptors (Lipinski definition) is 3. The molecule has 1 aromatic heterocycles. The molecule has 0 fully saturated rings. The van der Waals surface area contributed by atoms with Gasteiger partial charge in [0.05, 0.1) is 12.3 Å². The van der Waals surface area contributed by atoms with Gasteiger partial charge in [0, 0.05) is 6.07 Å². The fourth-order valence-electron chi connectivity index (χ4n) is 1.32. The normalized spacial score (nSPS) is 10.2. The average Bonchev–Trinajstić information content (AvgIpc) is 2.65. The first-order valence-electron chi connectivity index (χ1n) is 4.66. The van der Waals surface area contributed by atoms with Gasteiger partial charge in [0.15, 0.2) is 0 Å². The lowest BCUT2D eigenvalue weighted by Crippen LogP contribution is -2.14. The Hall–Kier alpha value is -2.04. The second kappa shape index (κ2) is 4.00. The molecule has 0 saturated carbocycles. The standard InChI is InChI=1S/C10H11N3O2/c1-2-15-9-5-3-4-8(6-9)13-7-11-12-10(13)14/h3-7H,2H2,1H3,(H,12,14). The largest absolute Gasteiger partial charge is 0.494 e. The lowest BCUT2D eigenvalue weighted by Gasteiger charge is -2.05. The summed E-state index contributed by atoms with van der Waals surface area (Å²) in [4.78, 5) is 11.3. The summed E-state index contributed by atoms with van der Waals surface area (Å²) in [5, 5.41) is 5.99. The quantitative estimate of drug-likeness (QED) is 0.811. The minimum absolute atomic E-state index is 0.261. The Morgan fingerprint density at radius 2 is 2.40 bits per heavy atom. The molecular formula is C10H11N3O2. The number of H-pyrrole nitrogens is 1. The van der Waals surface area contributed by atoms with Gasteiger partial charge in [-0.2, -0.15) is 5.10 Å². The third-order valence-electron chi connectivity index (χ3n) is 1.96. The maximum atomic E-state index is 11.3. The van der Waals surface area contributed by atoms with Crippen molar-refractivity contribution in [2.45, 2.75) is 6.92 Å². The number of nitrogens with one attached hydrogen (secondary N) is 1. The maximum Gasteiger partial charge on any atom is 0.347 e. The molecule has 78 valence electrons. The van der Waals surface area contributed by atoms with Gasteiger partial charge in [-0.3, -0.25) is 0 Å². The Bertz CT molecular complexity index is 501. The van der Waals surface area contributed by atoms with E-state index in [-0.39, 0.29) is 5.69 Å².